The molecule has 6 heteroatoms. The van der Waals surface area contributed by atoms with Crippen molar-refractivity contribution in [2.24, 2.45) is 11.8 Å². The van der Waals surface area contributed by atoms with Crippen LogP contribution in [0.1, 0.15) is 26.2 Å². The third-order valence-corrected chi connectivity index (χ3v) is 4.93. The molecule has 1 aliphatic heterocycles. The van der Waals surface area contributed by atoms with Crippen molar-refractivity contribution in [2.75, 3.05) is 46.2 Å². The Kier molecular flexibility index (Phi) is 7.28. The van der Waals surface area contributed by atoms with Crippen LogP contribution in [0.2, 0.25) is 0 Å². The number of nitrogens with one attached hydrogen (secondary N) is 1. The fourth-order valence-corrected chi connectivity index (χ4v) is 3.64. The maximum absolute atomic E-state index is 11.6. The zero-order chi connectivity index (χ0) is 14.3. The van der Waals surface area contributed by atoms with E-state index in [1.165, 1.54) is 6.26 Å². The summed E-state index contributed by atoms with van der Waals surface area (Å²) in [5.74, 6) is 1.07. The predicted octanol–water partition coefficient (Wildman–Crippen LogP) is 0.920. The van der Waals surface area contributed by atoms with Gasteiger partial charge >= 0.3 is 0 Å². The highest BCUT2D eigenvalue weighted by Gasteiger charge is 2.26. The van der Waals surface area contributed by atoms with E-state index in [-0.39, 0.29) is 0 Å². The van der Waals surface area contributed by atoms with Gasteiger partial charge in [-0.1, -0.05) is 6.92 Å². The number of methoxy groups -OCH3 is 1. The van der Waals surface area contributed by atoms with Gasteiger partial charge in [0.05, 0.1) is 12.9 Å². The molecule has 5 nitrogen and oxygen atoms in total. The quantitative estimate of drug-likeness (QED) is 0.676. The predicted molar refractivity (Wildman–Crippen MR) is 77.7 cm³/mol. The summed E-state index contributed by atoms with van der Waals surface area (Å²) in [7, 11) is -1.32. The van der Waals surface area contributed by atoms with Crippen LogP contribution in [0.3, 0.4) is 0 Å². The molecule has 19 heavy (non-hydrogen) atoms. The van der Waals surface area contributed by atoms with Crippen LogP contribution in [0, 0.1) is 11.8 Å². The first-order valence-electron chi connectivity index (χ1n) is 7.08. The van der Waals surface area contributed by atoms with E-state index in [0.717, 1.165) is 39.0 Å². The van der Waals surface area contributed by atoms with E-state index < -0.39 is 10.0 Å². The van der Waals surface area contributed by atoms with Gasteiger partial charge in [-0.05, 0) is 37.6 Å². The van der Waals surface area contributed by atoms with Crippen LogP contribution in [0.5, 0.6) is 0 Å². The minimum atomic E-state index is -3.02. The second kappa shape index (κ2) is 8.19. The molecule has 1 saturated heterocycles. The highest BCUT2D eigenvalue weighted by atomic mass is 32.2. The zero-order valence-electron chi connectivity index (χ0n) is 12.4. The van der Waals surface area contributed by atoms with Crippen molar-refractivity contribution in [1.29, 1.82) is 0 Å². The monoisotopic (exact) mass is 292 g/mol. The fourth-order valence-electron chi connectivity index (χ4n) is 2.70. The number of hydrogen-bond donors (Lipinski definition) is 1. The molecule has 2 unspecified atom stereocenters. The van der Waals surface area contributed by atoms with E-state index >= 15 is 0 Å². The minimum Gasteiger partial charge on any atom is -0.383 e. The number of sulfonamides is 1. The van der Waals surface area contributed by atoms with Crippen molar-refractivity contribution in [2.45, 2.75) is 26.2 Å². The van der Waals surface area contributed by atoms with E-state index in [1.807, 2.05) is 0 Å². The summed E-state index contributed by atoms with van der Waals surface area (Å²) >= 11 is 0. The Morgan fingerprint density at radius 1 is 1.47 bits per heavy atom. The molecule has 0 aromatic rings. The molecular formula is C13H28N2O3S. The minimum absolute atomic E-state index is 0.503. The van der Waals surface area contributed by atoms with Crippen molar-refractivity contribution in [3.8, 4) is 0 Å². The zero-order valence-corrected chi connectivity index (χ0v) is 13.2. The Morgan fingerprint density at radius 3 is 2.84 bits per heavy atom. The molecule has 0 aromatic carbocycles. The van der Waals surface area contributed by atoms with Crippen LogP contribution in [-0.4, -0.2) is 58.9 Å². The molecule has 1 N–H and O–H groups in total. The van der Waals surface area contributed by atoms with Crippen LogP contribution in [-0.2, 0) is 14.8 Å². The first-order valence-corrected chi connectivity index (χ1v) is 8.93. The van der Waals surface area contributed by atoms with Crippen LogP contribution in [0.25, 0.3) is 0 Å². The molecule has 0 spiro atoms. The first-order chi connectivity index (χ1) is 8.93. The third kappa shape index (κ3) is 6.70. The molecule has 0 saturated carbocycles. The smallest absolute Gasteiger partial charge is 0.211 e. The van der Waals surface area contributed by atoms with Crippen molar-refractivity contribution >= 4 is 10.0 Å². The van der Waals surface area contributed by atoms with Crippen LogP contribution >= 0.6 is 0 Å². The number of nitrogens with zero attached hydrogens (tertiary/aromatic N) is 1. The molecule has 0 aromatic heterocycles. The second-order valence-corrected chi connectivity index (χ2v) is 7.65. The maximum Gasteiger partial charge on any atom is 0.211 e. The average molecular weight is 292 g/mol. The summed E-state index contributed by atoms with van der Waals surface area (Å²) in [4.78, 5) is 0. The van der Waals surface area contributed by atoms with Gasteiger partial charge in [-0.3, -0.25) is 0 Å². The van der Waals surface area contributed by atoms with E-state index in [4.69, 9.17) is 4.74 Å². The normalized spacial score (nSPS) is 23.4. The van der Waals surface area contributed by atoms with Crippen molar-refractivity contribution in [3.63, 3.8) is 0 Å². The molecule has 1 aliphatic rings. The summed E-state index contributed by atoms with van der Waals surface area (Å²) in [5, 5.41) is 3.36. The maximum atomic E-state index is 11.6. The largest absolute Gasteiger partial charge is 0.383 e. The summed E-state index contributed by atoms with van der Waals surface area (Å²) in [6, 6.07) is 0. The molecule has 1 heterocycles. The molecule has 1 rings (SSSR count). The Hall–Kier alpha value is -0.170. The van der Waals surface area contributed by atoms with Crippen molar-refractivity contribution < 1.29 is 13.2 Å². The van der Waals surface area contributed by atoms with Gasteiger partial charge in [0.25, 0.3) is 0 Å². The van der Waals surface area contributed by atoms with Gasteiger partial charge in [0.2, 0.25) is 10.0 Å². The van der Waals surface area contributed by atoms with Crippen molar-refractivity contribution in [1.82, 2.24) is 9.62 Å². The van der Waals surface area contributed by atoms with Crippen LogP contribution in [0.15, 0.2) is 0 Å². The molecule has 2 atom stereocenters. The van der Waals surface area contributed by atoms with Crippen LogP contribution < -0.4 is 5.32 Å². The van der Waals surface area contributed by atoms with E-state index in [0.29, 0.717) is 24.9 Å². The highest BCUT2D eigenvalue weighted by molar-refractivity contribution is 7.88. The van der Waals surface area contributed by atoms with Gasteiger partial charge in [-0.25, -0.2) is 12.7 Å². The number of ether oxygens (including phenoxy) is 1. The van der Waals surface area contributed by atoms with E-state index in [2.05, 4.69) is 12.2 Å². The standard InChI is InChI=1S/C13H28N2O3S/c1-12(10-14-6-8-18-2)9-13-5-4-7-15(11-13)19(3,16)17/h12-14H,4-11H2,1-3H3. The third-order valence-electron chi connectivity index (χ3n) is 3.66. The van der Waals surface area contributed by atoms with Gasteiger partial charge in [0.15, 0.2) is 0 Å². The Balaban J connectivity index is 2.28. The first kappa shape index (κ1) is 16.9. The lowest BCUT2D eigenvalue weighted by atomic mass is 9.90. The van der Waals surface area contributed by atoms with Gasteiger partial charge in [0.1, 0.15) is 0 Å². The Labute approximate surface area is 117 Å². The Bertz CT molecular complexity index is 346. The molecule has 0 aliphatic carbocycles. The molecule has 0 amide bonds. The lowest BCUT2D eigenvalue weighted by molar-refractivity contribution is 0.195. The fraction of sp³-hybridized carbons (Fsp3) is 1.00. The van der Waals surface area contributed by atoms with Crippen LogP contribution in [0.4, 0.5) is 0 Å². The van der Waals surface area contributed by atoms with Gasteiger partial charge < -0.3 is 10.1 Å². The molecule has 0 bridgehead atoms. The molecule has 114 valence electrons. The highest BCUT2D eigenvalue weighted by Crippen LogP contribution is 2.24. The van der Waals surface area contributed by atoms with E-state index in [9.17, 15) is 8.42 Å². The number of piperidine rings is 1. The number of rotatable bonds is 8. The number of hydrogen-bond acceptors (Lipinski definition) is 4. The van der Waals surface area contributed by atoms with E-state index in [1.54, 1.807) is 11.4 Å². The lowest BCUT2D eigenvalue weighted by Gasteiger charge is -2.32. The second-order valence-electron chi connectivity index (χ2n) is 5.67. The molecule has 1 fully saturated rings. The SMILES string of the molecule is COCCNCC(C)CC1CCCN(S(C)(=O)=O)C1. The topological polar surface area (TPSA) is 58.6 Å². The molecule has 0 radical (unpaired) electrons. The Morgan fingerprint density at radius 2 is 2.21 bits per heavy atom. The van der Waals surface area contributed by atoms with Gasteiger partial charge in [-0.2, -0.15) is 0 Å². The van der Waals surface area contributed by atoms with Gasteiger partial charge in [0, 0.05) is 26.7 Å². The van der Waals surface area contributed by atoms with Gasteiger partial charge in [-0.15, -0.1) is 0 Å². The summed E-state index contributed by atoms with van der Waals surface area (Å²) in [5.41, 5.74) is 0. The summed E-state index contributed by atoms with van der Waals surface area (Å²) in [6.45, 7) is 6.19. The summed E-state index contributed by atoms with van der Waals surface area (Å²) in [6.07, 6.45) is 4.53. The van der Waals surface area contributed by atoms with Crippen molar-refractivity contribution in [3.05, 3.63) is 0 Å². The molecular weight excluding hydrogens is 264 g/mol. The average Bonchev–Trinajstić information content (AvgIpc) is 2.34. The lowest BCUT2D eigenvalue weighted by Crippen LogP contribution is -2.40. The summed E-state index contributed by atoms with van der Waals surface area (Å²) < 4.78 is 29.7.